The second-order valence-corrected chi connectivity index (χ2v) is 5.93. The summed E-state index contributed by atoms with van der Waals surface area (Å²) in [5.74, 6) is 5.19. The van der Waals surface area contributed by atoms with Crippen LogP contribution in [0, 0.1) is 29.6 Å². The van der Waals surface area contributed by atoms with Crippen molar-refractivity contribution >= 4 is 11.7 Å². The Hall–Kier alpha value is -1.58. The van der Waals surface area contributed by atoms with Gasteiger partial charge in [-0.3, -0.25) is 4.79 Å². The molecule has 2 saturated carbocycles. The van der Waals surface area contributed by atoms with Crippen molar-refractivity contribution in [1.29, 1.82) is 0 Å². The number of carboxylic acid groups (broad SMARTS) is 1. The lowest BCUT2D eigenvalue weighted by Crippen LogP contribution is -2.38. The lowest BCUT2D eigenvalue weighted by molar-refractivity contribution is -0.137. The fourth-order valence-corrected chi connectivity index (χ4v) is 2.97. The number of carboxylic acids is 1. The van der Waals surface area contributed by atoms with Gasteiger partial charge in [0.05, 0.1) is 11.8 Å². The standard InChI is InChI=1S/C16H23NO5/c1-2-11(18)6-5-10-8-12-13(16(10)21)9-14(12)17-22-7-3-4-15(19)20/h10-13,16,18,21H,2-4,7-9H2,1H3,(H,19,20). The average Bonchev–Trinajstić information content (AvgIpc) is 2.71. The van der Waals surface area contributed by atoms with Crippen LogP contribution in [0.15, 0.2) is 5.16 Å². The van der Waals surface area contributed by atoms with Crippen molar-refractivity contribution in [1.82, 2.24) is 0 Å². The molecule has 0 aromatic heterocycles. The Kier molecular flexibility index (Phi) is 5.81. The lowest BCUT2D eigenvalue weighted by Gasteiger charge is -2.33. The summed E-state index contributed by atoms with van der Waals surface area (Å²) in [4.78, 5) is 15.5. The molecule has 2 rings (SSSR count). The summed E-state index contributed by atoms with van der Waals surface area (Å²) in [6, 6.07) is 0. The summed E-state index contributed by atoms with van der Waals surface area (Å²) in [6.45, 7) is 2.16. The molecule has 0 radical (unpaired) electrons. The van der Waals surface area contributed by atoms with Crippen molar-refractivity contribution in [3.63, 3.8) is 0 Å². The Morgan fingerprint density at radius 1 is 1.55 bits per heavy atom. The monoisotopic (exact) mass is 309 g/mol. The Morgan fingerprint density at radius 2 is 2.32 bits per heavy atom. The number of aliphatic hydroxyl groups is 2. The highest BCUT2D eigenvalue weighted by molar-refractivity contribution is 5.93. The summed E-state index contributed by atoms with van der Waals surface area (Å²) in [6.07, 6.45) is 1.45. The predicted molar refractivity (Wildman–Crippen MR) is 80.0 cm³/mol. The van der Waals surface area contributed by atoms with Gasteiger partial charge in [-0.25, -0.2) is 0 Å². The van der Waals surface area contributed by atoms with E-state index in [1.54, 1.807) is 0 Å². The van der Waals surface area contributed by atoms with E-state index in [2.05, 4.69) is 17.0 Å². The van der Waals surface area contributed by atoms with Gasteiger partial charge in [0.25, 0.3) is 0 Å². The Balaban J connectivity index is 1.79. The van der Waals surface area contributed by atoms with E-state index in [4.69, 9.17) is 9.94 Å². The van der Waals surface area contributed by atoms with Crippen LogP contribution in [0.2, 0.25) is 0 Å². The molecule has 6 heteroatoms. The highest BCUT2D eigenvalue weighted by atomic mass is 16.6. The number of aliphatic carboxylic acids is 1. The molecular formula is C16H23NO5. The lowest BCUT2D eigenvalue weighted by atomic mass is 9.73. The van der Waals surface area contributed by atoms with Gasteiger partial charge in [-0.1, -0.05) is 23.9 Å². The van der Waals surface area contributed by atoms with E-state index in [1.807, 2.05) is 6.92 Å². The van der Waals surface area contributed by atoms with Gasteiger partial charge >= 0.3 is 5.97 Å². The van der Waals surface area contributed by atoms with Crippen molar-refractivity contribution in [3.8, 4) is 11.8 Å². The number of hydrogen-bond donors (Lipinski definition) is 3. The van der Waals surface area contributed by atoms with Crippen molar-refractivity contribution in [2.24, 2.45) is 22.9 Å². The Labute approximate surface area is 130 Å². The quantitative estimate of drug-likeness (QED) is 0.386. The molecule has 2 aliphatic rings. The third-order valence-electron chi connectivity index (χ3n) is 4.38. The first kappa shape index (κ1) is 16.8. The van der Waals surface area contributed by atoms with E-state index in [0.717, 1.165) is 12.1 Å². The van der Waals surface area contributed by atoms with Crippen molar-refractivity contribution in [3.05, 3.63) is 0 Å². The van der Waals surface area contributed by atoms with Crippen LogP contribution in [0.5, 0.6) is 0 Å². The molecule has 0 spiro atoms. The van der Waals surface area contributed by atoms with Gasteiger partial charge in [-0.15, -0.1) is 0 Å². The third-order valence-corrected chi connectivity index (χ3v) is 4.38. The second-order valence-electron chi connectivity index (χ2n) is 5.93. The molecule has 6 nitrogen and oxygen atoms in total. The second kappa shape index (κ2) is 7.61. The van der Waals surface area contributed by atoms with E-state index < -0.39 is 18.2 Å². The van der Waals surface area contributed by atoms with Crippen LogP contribution in [-0.4, -0.2) is 45.8 Å². The first-order valence-electron chi connectivity index (χ1n) is 7.80. The van der Waals surface area contributed by atoms with Crippen LogP contribution in [0.1, 0.15) is 39.0 Å². The molecule has 0 aromatic carbocycles. The number of nitrogens with zero attached hydrogens (tertiary/aromatic N) is 1. The Bertz CT molecular complexity index is 492. The maximum Gasteiger partial charge on any atom is 0.303 e. The molecule has 0 heterocycles. The van der Waals surface area contributed by atoms with Gasteiger partial charge in [0.2, 0.25) is 0 Å². The molecule has 0 amide bonds. The summed E-state index contributed by atoms with van der Waals surface area (Å²) < 4.78 is 0. The summed E-state index contributed by atoms with van der Waals surface area (Å²) >= 11 is 0. The van der Waals surface area contributed by atoms with Crippen LogP contribution in [0.3, 0.4) is 0 Å². The summed E-state index contributed by atoms with van der Waals surface area (Å²) in [7, 11) is 0. The molecule has 0 bridgehead atoms. The van der Waals surface area contributed by atoms with Crippen molar-refractivity contribution in [2.75, 3.05) is 6.61 Å². The zero-order valence-corrected chi connectivity index (χ0v) is 12.7. The summed E-state index contributed by atoms with van der Waals surface area (Å²) in [5, 5.41) is 32.3. The smallest absolute Gasteiger partial charge is 0.303 e. The van der Waals surface area contributed by atoms with Crippen LogP contribution in [0.4, 0.5) is 0 Å². The topological polar surface area (TPSA) is 99.4 Å². The molecule has 0 aliphatic heterocycles. The average molecular weight is 309 g/mol. The molecular weight excluding hydrogens is 286 g/mol. The maximum absolute atomic E-state index is 10.4. The zero-order valence-electron chi connectivity index (χ0n) is 12.7. The van der Waals surface area contributed by atoms with Gasteiger partial charge < -0.3 is 20.2 Å². The molecule has 3 N–H and O–H groups in total. The van der Waals surface area contributed by atoms with Gasteiger partial charge in [0.15, 0.2) is 0 Å². The molecule has 122 valence electrons. The number of carbonyl (C=O) groups is 1. The van der Waals surface area contributed by atoms with Crippen LogP contribution in [-0.2, 0) is 9.63 Å². The summed E-state index contributed by atoms with van der Waals surface area (Å²) in [5.41, 5.74) is 0.930. The number of aliphatic hydroxyl groups excluding tert-OH is 2. The fourth-order valence-electron chi connectivity index (χ4n) is 2.97. The largest absolute Gasteiger partial charge is 0.481 e. The Morgan fingerprint density at radius 3 is 3.00 bits per heavy atom. The van der Waals surface area contributed by atoms with Gasteiger partial charge in [-0.05, 0) is 31.6 Å². The molecule has 5 atom stereocenters. The maximum atomic E-state index is 10.4. The molecule has 2 aliphatic carbocycles. The van der Waals surface area contributed by atoms with Gasteiger partial charge in [0.1, 0.15) is 12.7 Å². The SMILES string of the molecule is CCC(O)C#CC1CC2C(=NOCCCC(=O)O)CC2C1O. The van der Waals surface area contributed by atoms with Gasteiger partial charge in [0, 0.05) is 18.3 Å². The van der Waals surface area contributed by atoms with E-state index in [9.17, 15) is 15.0 Å². The van der Waals surface area contributed by atoms with Crippen molar-refractivity contribution in [2.45, 2.75) is 51.2 Å². The molecule has 2 fully saturated rings. The first-order valence-corrected chi connectivity index (χ1v) is 7.80. The highest BCUT2D eigenvalue weighted by Gasteiger charge is 2.51. The molecule has 5 unspecified atom stereocenters. The van der Waals surface area contributed by atoms with Crippen LogP contribution in [0.25, 0.3) is 0 Å². The number of hydrogen-bond acceptors (Lipinski definition) is 5. The van der Waals surface area contributed by atoms with E-state index in [-0.39, 0.29) is 24.2 Å². The minimum atomic E-state index is -0.838. The normalized spacial score (nSPS) is 32.6. The van der Waals surface area contributed by atoms with Crippen LogP contribution < -0.4 is 0 Å². The predicted octanol–water partition coefficient (Wildman–Crippen LogP) is 1.02. The van der Waals surface area contributed by atoms with Crippen molar-refractivity contribution < 1.29 is 25.0 Å². The van der Waals surface area contributed by atoms with E-state index in [1.165, 1.54) is 0 Å². The number of fused-ring (bicyclic) bond motifs is 1. The third kappa shape index (κ3) is 3.99. The van der Waals surface area contributed by atoms with E-state index >= 15 is 0 Å². The first-order chi connectivity index (χ1) is 10.5. The minimum absolute atomic E-state index is 0.0764. The van der Waals surface area contributed by atoms with Crippen LogP contribution >= 0.6 is 0 Å². The van der Waals surface area contributed by atoms with Gasteiger partial charge in [-0.2, -0.15) is 0 Å². The molecule has 0 aromatic rings. The molecule has 22 heavy (non-hydrogen) atoms. The zero-order chi connectivity index (χ0) is 16.1. The number of oxime groups is 1. The number of rotatable bonds is 6. The molecule has 0 saturated heterocycles. The minimum Gasteiger partial charge on any atom is -0.481 e. The highest BCUT2D eigenvalue weighted by Crippen LogP contribution is 2.47. The fraction of sp³-hybridized carbons (Fsp3) is 0.750. The van der Waals surface area contributed by atoms with E-state index in [0.29, 0.717) is 25.9 Å².